The SMILES string of the molecule is [B]c1c([B])c([B])c(-c2ccc(-c3nc(-c4ccccc4)nc(-c4cccc5c4oc4c(-c6c([B])c([B])c([B])c([B])c6[B])cccc45)n3)cc2)c([B])c1[B]. The highest BCUT2D eigenvalue weighted by molar-refractivity contribution is 6.70. The molecule has 0 amide bonds. The number of nitrogens with zero attached hydrogens (tertiary/aromatic N) is 3. The number of furan rings is 1. The molecule has 8 aromatic rings. The van der Waals surface area contributed by atoms with Gasteiger partial charge in [-0.05, 0) is 22.8 Å². The van der Waals surface area contributed by atoms with Gasteiger partial charge in [0.2, 0.25) is 0 Å². The summed E-state index contributed by atoms with van der Waals surface area (Å²) in [6, 6.07) is 28.5. The fourth-order valence-corrected chi connectivity index (χ4v) is 6.62. The zero-order chi connectivity index (χ0) is 37.3. The molecule has 0 aliphatic rings. The minimum absolute atomic E-state index is 0.130. The second kappa shape index (κ2) is 13.3. The average molecular weight is 650 g/mol. The monoisotopic (exact) mass is 651 g/mol. The molecule has 0 saturated carbocycles. The Kier molecular flexibility index (Phi) is 8.76. The van der Waals surface area contributed by atoms with Crippen LogP contribution in [0.2, 0.25) is 0 Å². The van der Waals surface area contributed by atoms with Crippen molar-refractivity contribution in [3.63, 3.8) is 0 Å². The summed E-state index contributed by atoms with van der Waals surface area (Å²) in [7, 11) is 62.5. The van der Waals surface area contributed by atoms with Gasteiger partial charge in [0.1, 0.15) is 89.6 Å². The Morgan fingerprint density at radius 3 is 1.25 bits per heavy atom. The zero-order valence-corrected chi connectivity index (χ0v) is 28.2. The van der Waals surface area contributed by atoms with E-state index in [-0.39, 0.29) is 54.6 Å². The summed E-state index contributed by atoms with van der Waals surface area (Å²) in [6.45, 7) is 0. The van der Waals surface area contributed by atoms with Crippen LogP contribution >= 0.6 is 0 Å². The normalized spacial score (nSPS) is 11.4. The molecule has 0 fully saturated rings. The lowest BCUT2D eigenvalue weighted by molar-refractivity contribution is 0.670. The van der Waals surface area contributed by atoms with Crippen LogP contribution in [0.1, 0.15) is 0 Å². The maximum atomic E-state index is 6.67. The van der Waals surface area contributed by atoms with Crippen molar-refractivity contribution >= 4 is 155 Å². The minimum atomic E-state index is 0.130. The van der Waals surface area contributed by atoms with Crippen LogP contribution in [0.3, 0.4) is 0 Å². The molecule has 4 nitrogen and oxygen atoms in total. The first-order valence-electron chi connectivity index (χ1n) is 16.4. The molecule has 2 heterocycles. The number of rotatable bonds is 5. The number of fused-ring (bicyclic) bond motifs is 3. The van der Waals surface area contributed by atoms with Crippen LogP contribution in [-0.4, -0.2) is 93.4 Å². The molecule has 6 aromatic carbocycles. The van der Waals surface area contributed by atoms with Gasteiger partial charge in [-0.2, -0.15) is 0 Å². The Bertz CT molecular complexity index is 2730. The molecule has 0 bridgehead atoms. The number of aromatic nitrogens is 3. The van der Waals surface area contributed by atoms with E-state index >= 15 is 0 Å². The van der Waals surface area contributed by atoms with E-state index in [1.54, 1.807) is 0 Å². The second-order valence-corrected chi connectivity index (χ2v) is 12.6. The summed E-state index contributed by atoms with van der Waals surface area (Å²) in [5, 5.41) is 1.63. The third-order valence-electron chi connectivity index (χ3n) is 9.53. The Morgan fingerprint density at radius 2 is 0.717 bits per heavy atom. The van der Waals surface area contributed by atoms with E-state index in [4.69, 9.17) is 97.8 Å². The summed E-state index contributed by atoms with van der Waals surface area (Å²) < 4.78 is 6.67. The Hall–Kier alpha value is -5.22. The smallest absolute Gasteiger partial charge is 0.167 e. The third kappa shape index (κ3) is 5.66. The van der Waals surface area contributed by atoms with Crippen LogP contribution in [0.15, 0.2) is 95.4 Å². The molecule has 20 radical (unpaired) electrons. The van der Waals surface area contributed by atoms with Gasteiger partial charge >= 0.3 is 0 Å². The van der Waals surface area contributed by atoms with Gasteiger partial charge in [-0.1, -0.05) is 107 Å². The first kappa shape index (κ1) is 34.8. The fraction of sp³-hybridized carbons (Fsp3) is 0. The highest BCUT2D eigenvalue weighted by Gasteiger charge is 2.21. The predicted octanol–water partition coefficient (Wildman–Crippen LogP) is -1.96. The van der Waals surface area contributed by atoms with Crippen molar-refractivity contribution < 1.29 is 4.42 Å². The number of para-hydroxylation sites is 2. The van der Waals surface area contributed by atoms with E-state index < -0.39 is 0 Å². The van der Waals surface area contributed by atoms with Crippen LogP contribution in [0, 0.1) is 0 Å². The van der Waals surface area contributed by atoms with Gasteiger partial charge in [-0.25, -0.2) is 15.0 Å². The highest BCUT2D eigenvalue weighted by Crippen LogP contribution is 2.39. The van der Waals surface area contributed by atoms with Crippen LogP contribution in [0.25, 0.3) is 78.4 Å². The lowest BCUT2D eigenvalue weighted by Gasteiger charge is -2.21. The maximum Gasteiger partial charge on any atom is 0.167 e. The predicted molar refractivity (Wildman–Crippen MR) is 228 cm³/mol. The van der Waals surface area contributed by atoms with Crippen LogP contribution in [0.5, 0.6) is 0 Å². The summed E-state index contributed by atoms with van der Waals surface area (Å²) in [4.78, 5) is 14.8. The Morgan fingerprint density at radius 1 is 0.321 bits per heavy atom. The van der Waals surface area contributed by atoms with Gasteiger partial charge < -0.3 is 4.42 Å². The molecule has 0 spiro atoms. The summed E-state index contributed by atoms with van der Waals surface area (Å²) in [5.41, 5.74) is 7.22. The third-order valence-corrected chi connectivity index (χ3v) is 9.53. The lowest BCUT2D eigenvalue weighted by atomic mass is 9.59. The average Bonchev–Trinajstić information content (AvgIpc) is 3.58. The van der Waals surface area contributed by atoms with Crippen molar-refractivity contribution in [2.75, 3.05) is 0 Å². The molecule has 53 heavy (non-hydrogen) atoms. The molecule has 0 aliphatic carbocycles. The topological polar surface area (TPSA) is 51.8 Å². The largest absolute Gasteiger partial charge is 0.455 e. The number of benzene rings is 6. The fourth-order valence-electron chi connectivity index (χ4n) is 6.62. The quantitative estimate of drug-likeness (QED) is 0.204. The highest BCUT2D eigenvalue weighted by atomic mass is 16.3. The Balaban J connectivity index is 1.31. The van der Waals surface area contributed by atoms with Crippen molar-refractivity contribution in [3.05, 3.63) is 91.0 Å². The van der Waals surface area contributed by atoms with Gasteiger partial charge in [-0.3, -0.25) is 0 Å². The van der Waals surface area contributed by atoms with Gasteiger partial charge in [-0.15, -0.1) is 32.8 Å². The van der Waals surface area contributed by atoms with E-state index in [1.165, 1.54) is 0 Å². The van der Waals surface area contributed by atoms with Crippen molar-refractivity contribution in [2.45, 2.75) is 0 Å². The molecule has 0 N–H and O–H groups in total. The summed E-state index contributed by atoms with van der Waals surface area (Å²) in [5.74, 6) is 1.26. The van der Waals surface area contributed by atoms with E-state index in [9.17, 15) is 0 Å². The molecule has 0 aliphatic heterocycles. The van der Waals surface area contributed by atoms with Crippen LogP contribution in [-0.2, 0) is 0 Å². The van der Waals surface area contributed by atoms with Gasteiger partial charge in [0.15, 0.2) is 17.5 Å². The summed E-state index contributed by atoms with van der Waals surface area (Å²) in [6.07, 6.45) is 0. The number of hydrogen-bond donors (Lipinski definition) is 0. The van der Waals surface area contributed by atoms with Gasteiger partial charge in [0.25, 0.3) is 0 Å². The molecule has 0 saturated heterocycles. The van der Waals surface area contributed by atoms with Gasteiger partial charge in [0, 0.05) is 27.5 Å². The van der Waals surface area contributed by atoms with Crippen molar-refractivity contribution in [2.24, 2.45) is 0 Å². The molecular weight excluding hydrogens is 635 g/mol. The zero-order valence-electron chi connectivity index (χ0n) is 28.2. The molecule has 8 rings (SSSR count). The van der Waals surface area contributed by atoms with E-state index in [2.05, 4.69) is 0 Å². The van der Waals surface area contributed by atoms with E-state index in [0.29, 0.717) is 62.0 Å². The molecular formula is C39H15B10N3O. The minimum Gasteiger partial charge on any atom is -0.455 e. The Labute approximate surface area is 320 Å². The van der Waals surface area contributed by atoms with Crippen molar-refractivity contribution in [1.29, 1.82) is 0 Å². The maximum absolute atomic E-state index is 6.67. The molecule has 0 unspecified atom stereocenters. The molecule has 0 atom stereocenters. The van der Waals surface area contributed by atoms with Crippen LogP contribution < -0.4 is 54.6 Å². The van der Waals surface area contributed by atoms with Crippen molar-refractivity contribution in [1.82, 2.24) is 15.0 Å². The van der Waals surface area contributed by atoms with E-state index in [0.717, 1.165) is 16.3 Å². The molecule has 14 heteroatoms. The lowest BCUT2D eigenvalue weighted by Crippen LogP contribution is -2.55. The van der Waals surface area contributed by atoms with Crippen molar-refractivity contribution in [3.8, 4) is 56.4 Å². The van der Waals surface area contributed by atoms with Crippen LogP contribution in [0.4, 0.5) is 0 Å². The summed E-state index contributed by atoms with van der Waals surface area (Å²) >= 11 is 0. The first-order valence-corrected chi connectivity index (χ1v) is 16.4. The second-order valence-electron chi connectivity index (χ2n) is 12.6. The van der Waals surface area contributed by atoms with E-state index in [1.807, 2.05) is 91.0 Å². The van der Waals surface area contributed by atoms with Gasteiger partial charge in [0.05, 0.1) is 5.56 Å². The standard InChI is InChI=1S/C39H15B10N3O/c40-25-23(26(41)30(45)33(48)29(25)44)16-12-14-18(15-13-16)38-50-37(17-6-2-1-3-7-17)51-39(52-38)22-11-5-9-20-19-8-4-10-21(35(19)53-36(20)22)24-27(42)31(46)34(49)32(47)28(24)43/h1-15H. The number of hydrogen-bond acceptors (Lipinski definition) is 4. The first-order chi connectivity index (χ1) is 25.5. The molecule has 2 aromatic heterocycles. The molecule has 222 valence electrons.